The van der Waals surface area contributed by atoms with Crippen molar-refractivity contribution in [2.45, 2.75) is 38.5 Å². The predicted octanol–water partition coefficient (Wildman–Crippen LogP) is 5.56. The molecule has 3 rings (SSSR count). The van der Waals surface area contributed by atoms with Gasteiger partial charge < -0.3 is 5.11 Å². The van der Waals surface area contributed by atoms with E-state index in [0.717, 1.165) is 16.3 Å². The van der Waals surface area contributed by atoms with Gasteiger partial charge in [0.25, 0.3) is 0 Å². The molecule has 1 N–H and O–H groups in total. The fourth-order valence-electron chi connectivity index (χ4n) is 2.53. The van der Waals surface area contributed by atoms with Crippen molar-refractivity contribution >= 4 is 36.5 Å². The topological polar surface area (TPSA) is 32.6 Å². The molecule has 1 aliphatic carbocycles. The minimum absolute atomic E-state index is 0.420. The average Bonchev–Trinajstić information content (AvgIpc) is 3.39. The molecule has 1 fully saturated rings. The third kappa shape index (κ3) is 6.36. The zero-order valence-electron chi connectivity index (χ0n) is 14.8. The van der Waals surface area contributed by atoms with Crippen molar-refractivity contribution in [3.8, 4) is 16.9 Å². The van der Waals surface area contributed by atoms with Crippen molar-refractivity contribution < 1.29 is 26.0 Å². The quantitative estimate of drug-likeness (QED) is 0.459. The van der Waals surface area contributed by atoms with Crippen LogP contribution in [0.25, 0.3) is 11.1 Å². The summed E-state index contributed by atoms with van der Waals surface area (Å²) < 4.78 is 0. The van der Waals surface area contributed by atoms with Gasteiger partial charge in [0.05, 0.1) is 14.1 Å². The van der Waals surface area contributed by atoms with Crippen LogP contribution < -0.4 is 5.19 Å². The van der Waals surface area contributed by atoms with Gasteiger partial charge in [-0.3, -0.25) is 4.99 Å². The van der Waals surface area contributed by atoms with E-state index in [1.165, 1.54) is 18.4 Å². The molecule has 132 valence electrons. The molecule has 0 aliphatic heterocycles. The standard InChI is InChI=1S/C19H23NOSi.2ClH.Zr/c1-22(2,3)18-12-15(14-7-5-4-6-8-14)11-16(19(18)21)13-20-17-9-10-17;;;/h4-8,11-13,17,21H,9-10H2,1-3H3;2*1H;/q;;;+2/p-2. The van der Waals surface area contributed by atoms with Crippen molar-refractivity contribution in [1.29, 1.82) is 0 Å². The first-order valence-corrected chi connectivity index (χ1v) is 18.1. The molecule has 0 heterocycles. The number of nitrogens with zero attached hydrogens (tertiary/aromatic N) is 1. The number of halogens is 2. The maximum atomic E-state index is 10.7. The van der Waals surface area contributed by atoms with E-state index in [1.54, 1.807) is 0 Å². The first-order valence-electron chi connectivity index (χ1n) is 8.29. The van der Waals surface area contributed by atoms with E-state index in [0.29, 0.717) is 11.8 Å². The number of aromatic hydroxyl groups is 1. The first-order chi connectivity index (χ1) is 11.9. The van der Waals surface area contributed by atoms with E-state index in [4.69, 9.17) is 17.0 Å². The zero-order chi connectivity index (χ0) is 18.4. The van der Waals surface area contributed by atoms with Crippen LogP contribution in [0, 0.1) is 0 Å². The predicted molar refractivity (Wildman–Crippen MR) is 109 cm³/mol. The molecule has 25 heavy (non-hydrogen) atoms. The van der Waals surface area contributed by atoms with E-state index in [2.05, 4.69) is 48.9 Å². The van der Waals surface area contributed by atoms with Crippen molar-refractivity contribution in [2.24, 2.45) is 4.99 Å². The Morgan fingerprint density at radius 1 is 1.08 bits per heavy atom. The number of phenolic OH excluding ortho intramolecular Hbond substituents is 1. The molecule has 0 spiro atoms. The van der Waals surface area contributed by atoms with E-state index < -0.39 is 28.9 Å². The van der Waals surface area contributed by atoms with Gasteiger partial charge in [-0.25, -0.2) is 0 Å². The third-order valence-corrected chi connectivity index (χ3v) is 6.02. The second kappa shape index (κ2) is 9.50. The van der Waals surface area contributed by atoms with Gasteiger partial charge in [0.15, 0.2) is 0 Å². The molecule has 2 aromatic carbocycles. The Hall–Kier alpha value is -0.410. The molecule has 1 aliphatic rings. The van der Waals surface area contributed by atoms with E-state index >= 15 is 0 Å². The van der Waals surface area contributed by atoms with Crippen molar-refractivity contribution in [2.75, 3.05) is 0 Å². The summed E-state index contributed by atoms with van der Waals surface area (Å²) in [5.41, 5.74) is 3.20. The third-order valence-electron chi connectivity index (χ3n) is 4.03. The summed E-state index contributed by atoms with van der Waals surface area (Å²) in [5, 5.41) is 11.8. The van der Waals surface area contributed by atoms with E-state index in [9.17, 15) is 5.11 Å². The second-order valence-corrected chi connectivity index (χ2v) is 15.9. The van der Waals surface area contributed by atoms with Gasteiger partial charge in [-0.15, -0.1) is 0 Å². The molecule has 0 unspecified atom stereocenters. The van der Waals surface area contributed by atoms with Crippen LogP contribution in [0.3, 0.4) is 0 Å². The number of benzene rings is 2. The van der Waals surface area contributed by atoms with Crippen LogP contribution in [0.1, 0.15) is 18.4 Å². The Balaban J connectivity index is 0.000000701. The molecular formula is C19H23Cl2NOSiZr. The zero-order valence-corrected chi connectivity index (χ0v) is 19.7. The van der Waals surface area contributed by atoms with Crippen molar-refractivity contribution in [1.82, 2.24) is 0 Å². The van der Waals surface area contributed by atoms with Crippen LogP contribution >= 0.6 is 17.0 Å². The summed E-state index contributed by atoms with van der Waals surface area (Å²) in [7, 11) is 8.24. The number of hydrogen-bond donors (Lipinski definition) is 1. The van der Waals surface area contributed by atoms with E-state index in [-0.39, 0.29) is 0 Å². The molecular weight excluding hydrogens is 448 g/mol. The van der Waals surface area contributed by atoms with Gasteiger partial charge in [0, 0.05) is 11.8 Å². The number of hydrogen-bond acceptors (Lipinski definition) is 2. The molecule has 2 aromatic rings. The Labute approximate surface area is 170 Å². The molecule has 0 atom stereocenters. The van der Waals surface area contributed by atoms with Gasteiger partial charge in [0.1, 0.15) is 5.75 Å². The van der Waals surface area contributed by atoms with Crippen LogP contribution in [0.4, 0.5) is 0 Å². The number of aliphatic imine (C=N–C) groups is 1. The Kier molecular flexibility index (Phi) is 7.94. The number of phenols is 1. The van der Waals surface area contributed by atoms with Crippen molar-refractivity contribution in [3.63, 3.8) is 0 Å². The van der Waals surface area contributed by atoms with Crippen LogP contribution in [-0.2, 0) is 20.8 Å². The normalized spacial score (nSPS) is 14.1. The van der Waals surface area contributed by atoms with Crippen LogP contribution in [0.2, 0.25) is 19.6 Å². The fraction of sp³-hybridized carbons (Fsp3) is 0.316. The summed E-state index contributed by atoms with van der Waals surface area (Å²) in [6, 6.07) is 15.0. The molecule has 0 radical (unpaired) electrons. The van der Waals surface area contributed by atoms with Crippen LogP contribution in [0.15, 0.2) is 47.5 Å². The molecule has 0 amide bonds. The summed E-state index contributed by atoms with van der Waals surface area (Å²) in [5.74, 6) is 0.420. The van der Waals surface area contributed by atoms with Gasteiger partial charge in [-0.1, -0.05) is 56.0 Å². The van der Waals surface area contributed by atoms with Gasteiger partial charge >= 0.3 is 37.9 Å². The average molecular weight is 472 g/mol. The SMILES string of the molecule is C[Si](C)(C)c1cc(-c2ccccc2)cc(C=NC2CC2)c1O.[Cl][Zr][Cl]. The number of rotatable bonds is 4. The van der Waals surface area contributed by atoms with E-state index in [1.807, 2.05) is 24.4 Å². The Morgan fingerprint density at radius 3 is 2.20 bits per heavy atom. The molecule has 6 heteroatoms. The monoisotopic (exact) mass is 469 g/mol. The van der Waals surface area contributed by atoms with Crippen LogP contribution in [-0.4, -0.2) is 25.4 Å². The summed E-state index contributed by atoms with van der Waals surface area (Å²) in [6.07, 6.45) is 4.22. The molecule has 2 nitrogen and oxygen atoms in total. The maximum absolute atomic E-state index is 10.7. The molecule has 0 saturated heterocycles. The van der Waals surface area contributed by atoms with Gasteiger partial charge in [-0.05, 0) is 35.2 Å². The fourth-order valence-corrected chi connectivity index (χ4v) is 3.98. The van der Waals surface area contributed by atoms with Crippen molar-refractivity contribution in [3.05, 3.63) is 48.0 Å². The van der Waals surface area contributed by atoms with Crippen LogP contribution in [0.5, 0.6) is 5.75 Å². The van der Waals surface area contributed by atoms with Gasteiger partial charge in [0.2, 0.25) is 0 Å². The first kappa shape index (κ1) is 20.9. The Bertz CT molecular complexity index is 728. The summed E-state index contributed by atoms with van der Waals surface area (Å²) in [6.45, 7) is 6.79. The molecule has 0 bridgehead atoms. The second-order valence-electron chi connectivity index (χ2n) is 7.16. The van der Waals surface area contributed by atoms with Gasteiger partial charge in [-0.2, -0.15) is 0 Å². The molecule has 1 saturated carbocycles. The Morgan fingerprint density at radius 2 is 1.68 bits per heavy atom. The molecule has 0 aromatic heterocycles. The minimum atomic E-state index is -1.63. The summed E-state index contributed by atoms with van der Waals surface area (Å²) in [4.78, 5) is 4.56. The summed E-state index contributed by atoms with van der Waals surface area (Å²) >= 11 is -0.826.